The fourth-order valence-corrected chi connectivity index (χ4v) is 2.21. The molecule has 0 saturated heterocycles. The Labute approximate surface area is 115 Å². The molecule has 2 N–H and O–H groups in total. The van der Waals surface area contributed by atoms with E-state index in [1.54, 1.807) is 4.90 Å². The predicted molar refractivity (Wildman–Crippen MR) is 72.3 cm³/mol. The van der Waals surface area contributed by atoms with Crippen LogP contribution in [0.2, 0.25) is 5.02 Å². The number of nitrogen functional groups attached to an aromatic ring is 1. The third kappa shape index (κ3) is 2.63. The van der Waals surface area contributed by atoms with Crippen LogP contribution < -0.4 is 5.73 Å². The van der Waals surface area contributed by atoms with E-state index < -0.39 is 4.92 Å². The molecule has 6 nitrogen and oxygen atoms in total. The summed E-state index contributed by atoms with van der Waals surface area (Å²) in [6.45, 7) is 2.41. The third-order valence-corrected chi connectivity index (χ3v) is 3.46. The highest BCUT2D eigenvalue weighted by atomic mass is 35.5. The number of nitrogens with two attached hydrogens (primary N) is 1. The molecule has 1 aromatic rings. The van der Waals surface area contributed by atoms with Gasteiger partial charge in [0.2, 0.25) is 0 Å². The molecule has 102 valence electrons. The molecule has 0 aromatic heterocycles. The van der Waals surface area contributed by atoms with E-state index in [1.807, 2.05) is 6.92 Å². The van der Waals surface area contributed by atoms with Crippen molar-refractivity contribution in [1.29, 1.82) is 0 Å². The molecular formula is C12H14ClN3O3. The highest BCUT2D eigenvalue weighted by molar-refractivity contribution is 6.34. The molecule has 19 heavy (non-hydrogen) atoms. The van der Waals surface area contributed by atoms with Crippen molar-refractivity contribution < 1.29 is 9.72 Å². The van der Waals surface area contributed by atoms with E-state index in [0.717, 1.165) is 18.9 Å². The molecule has 0 heterocycles. The van der Waals surface area contributed by atoms with Crippen molar-refractivity contribution in [1.82, 2.24) is 4.90 Å². The van der Waals surface area contributed by atoms with Gasteiger partial charge in [0.15, 0.2) is 0 Å². The summed E-state index contributed by atoms with van der Waals surface area (Å²) in [6.07, 6.45) is 1.92. The van der Waals surface area contributed by atoms with E-state index in [4.69, 9.17) is 17.3 Å². The number of hydrogen-bond acceptors (Lipinski definition) is 4. The van der Waals surface area contributed by atoms with E-state index in [0.29, 0.717) is 6.54 Å². The van der Waals surface area contributed by atoms with Crippen molar-refractivity contribution in [3.05, 3.63) is 32.8 Å². The zero-order valence-electron chi connectivity index (χ0n) is 10.4. The van der Waals surface area contributed by atoms with Crippen molar-refractivity contribution in [3.8, 4) is 0 Å². The third-order valence-electron chi connectivity index (χ3n) is 3.14. The summed E-state index contributed by atoms with van der Waals surface area (Å²) in [7, 11) is 0. The van der Waals surface area contributed by atoms with Gasteiger partial charge >= 0.3 is 0 Å². The second-order valence-electron chi connectivity index (χ2n) is 4.47. The highest BCUT2D eigenvalue weighted by Crippen LogP contribution is 2.33. The molecule has 1 aromatic carbocycles. The van der Waals surface area contributed by atoms with Gasteiger partial charge in [-0.25, -0.2) is 0 Å². The summed E-state index contributed by atoms with van der Waals surface area (Å²) < 4.78 is 0. The maximum Gasteiger partial charge on any atom is 0.271 e. The Bertz CT molecular complexity index is 543. The first-order chi connectivity index (χ1) is 8.95. The highest BCUT2D eigenvalue weighted by Gasteiger charge is 2.33. The SMILES string of the molecule is CCN(C(=O)c1cc([N+](=O)[O-])cc(Cl)c1N)C1CC1. The van der Waals surface area contributed by atoms with Crippen molar-refractivity contribution in [2.45, 2.75) is 25.8 Å². The lowest BCUT2D eigenvalue weighted by atomic mass is 10.1. The van der Waals surface area contributed by atoms with E-state index in [9.17, 15) is 14.9 Å². The smallest absolute Gasteiger partial charge is 0.271 e. The Morgan fingerprint density at radius 1 is 1.58 bits per heavy atom. The van der Waals surface area contributed by atoms with Crippen LogP contribution >= 0.6 is 11.6 Å². The number of rotatable bonds is 4. The fraction of sp³-hybridized carbons (Fsp3) is 0.417. The maximum atomic E-state index is 12.4. The number of nitrogens with zero attached hydrogens (tertiary/aromatic N) is 2. The second kappa shape index (κ2) is 5.05. The van der Waals surface area contributed by atoms with Crippen LogP contribution in [0, 0.1) is 10.1 Å². The molecule has 0 aliphatic heterocycles. The van der Waals surface area contributed by atoms with Gasteiger partial charge in [-0.05, 0) is 19.8 Å². The number of benzene rings is 1. The fourth-order valence-electron chi connectivity index (χ4n) is 1.99. The van der Waals surface area contributed by atoms with Crippen LogP contribution in [0.5, 0.6) is 0 Å². The van der Waals surface area contributed by atoms with Gasteiger partial charge in [-0.1, -0.05) is 11.6 Å². The minimum Gasteiger partial charge on any atom is -0.397 e. The lowest BCUT2D eigenvalue weighted by molar-refractivity contribution is -0.384. The molecule has 7 heteroatoms. The van der Waals surface area contributed by atoms with Gasteiger partial charge in [-0.15, -0.1) is 0 Å². The topological polar surface area (TPSA) is 89.5 Å². The molecule has 1 amide bonds. The van der Waals surface area contributed by atoms with E-state index in [2.05, 4.69) is 0 Å². The molecule has 0 atom stereocenters. The number of non-ortho nitro benzene ring substituents is 1. The Morgan fingerprint density at radius 2 is 2.21 bits per heavy atom. The number of carbonyl (C=O) groups is 1. The van der Waals surface area contributed by atoms with Gasteiger partial charge in [-0.3, -0.25) is 14.9 Å². The van der Waals surface area contributed by atoms with E-state index in [1.165, 1.54) is 6.07 Å². The van der Waals surface area contributed by atoms with Crippen molar-refractivity contribution in [3.63, 3.8) is 0 Å². The standard InChI is InChI=1S/C12H14ClN3O3/c1-2-15(7-3-4-7)12(17)9-5-8(16(18)19)6-10(13)11(9)14/h5-7H,2-4,14H2,1H3. The first kappa shape index (κ1) is 13.6. The summed E-state index contributed by atoms with van der Waals surface area (Å²) in [5, 5.41) is 10.8. The summed E-state index contributed by atoms with van der Waals surface area (Å²) >= 11 is 5.85. The van der Waals surface area contributed by atoms with Crippen LogP contribution in [-0.2, 0) is 0 Å². The maximum absolute atomic E-state index is 12.4. The number of nitro benzene ring substituents is 1. The Morgan fingerprint density at radius 3 is 2.68 bits per heavy atom. The Kier molecular flexibility index (Phi) is 3.61. The largest absolute Gasteiger partial charge is 0.397 e. The zero-order chi connectivity index (χ0) is 14.2. The summed E-state index contributed by atoms with van der Waals surface area (Å²) in [6, 6.07) is 2.56. The molecule has 0 bridgehead atoms. The number of halogens is 1. The van der Waals surface area contributed by atoms with E-state index >= 15 is 0 Å². The van der Waals surface area contributed by atoms with Gasteiger partial charge in [-0.2, -0.15) is 0 Å². The predicted octanol–water partition coefficient (Wildman–Crippen LogP) is 2.45. The summed E-state index contributed by atoms with van der Waals surface area (Å²) in [4.78, 5) is 24.3. The van der Waals surface area contributed by atoms with Gasteiger partial charge in [0.1, 0.15) is 0 Å². The lowest BCUT2D eigenvalue weighted by Crippen LogP contribution is -2.33. The monoisotopic (exact) mass is 283 g/mol. The summed E-state index contributed by atoms with van der Waals surface area (Å²) in [5.74, 6) is -0.298. The zero-order valence-corrected chi connectivity index (χ0v) is 11.2. The average molecular weight is 284 g/mol. The quantitative estimate of drug-likeness (QED) is 0.522. The molecule has 1 aliphatic carbocycles. The first-order valence-electron chi connectivity index (χ1n) is 6.00. The molecule has 1 fully saturated rings. The average Bonchev–Trinajstić information content (AvgIpc) is 3.17. The molecule has 2 rings (SSSR count). The Hall–Kier alpha value is -1.82. The lowest BCUT2D eigenvalue weighted by Gasteiger charge is -2.21. The van der Waals surface area contributed by atoms with Crippen LogP contribution in [-0.4, -0.2) is 28.3 Å². The summed E-state index contributed by atoms with van der Waals surface area (Å²) in [5.41, 5.74) is 5.73. The molecule has 1 saturated carbocycles. The number of anilines is 1. The first-order valence-corrected chi connectivity index (χ1v) is 6.37. The van der Waals surface area contributed by atoms with Gasteiger partial charge in [0, 0.05) is 24.7 Å². The minimum atomic E-state index is -0.588. The molecule has 0 unspecified atom stereocenters. The van der Waals surface area contributed by atoms with Crippen LogP contribution in [0.25, 0.3) is 0 Å². The molecule has 0 spiro atoms. The molecular weight excluding hydrogens is 270 g/mol. The van der Waals surface area contributed by atoms with Crippen LogP contribution in [0.4, 0.5) is 11.4 Å². The normalized spacial score (nSPS) is 14.2. The number of nitro groups is 1. The number of carbonyl (C=O) groups excluding carboxylic acids is 1. The number of amides is 1. The minimum absolute atomic E-state index is 0.0319. The van der Waals surface area contributed by atoms with E-state index in [-0.39, 0.29) is 33.9 Å². The van der Waals surface area contributed by atoms with Gasteiger partial charge < -0.3 is 10.6 Å². The number of hydrogen-bond donors (Lipinski definition) is 1. The van der Waals surface area contributed by atoms with Crippen LogP contribution in [0.3, 0.4) is 0 Å². The second-order valence-corrected chi connectivity index (χ2v) is 4.88. The molecule has 1 aliphatic rings. The Balaban J connectivity index is 2.42. The van der Waals surface area contributed by atoms with Crippen LogP contribution in [0.15, 0.2) is 12.1 Å². The molecule has 0 radical (unpaired) electrons. The van der Waals surface area contributed by atoms with Crippen molar-refractivity contribution >= 4 is 28.9 Å². The van der Waals surface area contributed by atoms with Crippen LogP contribution in [0.1, 0.15) is 30.1 Å². The van der Waals surface area contributed by atoms with Crippen molar-refractivity contribution in [2.24, 2.45) is 0 Å². The van der Waals surface area contributed by atoms with Gasteiger partial charge in [0.05, 0.1) is 21.2 Å². The van der Waals surface area contributed by atoms with Crippen molar-refractivity contribution in [2.75, 3.05) is 12.3 Å². The van der Waals surface area contributed by atoms with Gasteiger partial charge in [0.25, 0.3) is 11.6 Å².